The first-order chi connectivity index (χ1) is 10.1. The molecule has 0 bridgehead atoms. The highest BCUT2D eigenvalue weighted by molar-refractivity contribution is 5.49. The summed E-state index contributed by atoms with van der Waals surface area (Å²) in [6.45, 7) is 7.47. The number of hydrogen-bond donors (Lipinski definition) is 1. The van der Waals surface area contributed by atoms with Gasteiger partial charge < -0.3 is 10.1 Å². The molecule has 0 spiro atoms. The van der Waals surface area contributed by atoms with Gasteiger partial charge in [-0.3, -0.25) is 0 Å². The van der Waals surface area contributed by atoms with Gasteiger partial charge in [0.05, 0.1) is 6.61 Å². The van der Waals surface area contributed by atoms with Crippen molar-refractivity contribution < 1.29 is 4.74 Å². The molecule has 0 amide bonds. The van der Waals surface area contributed by atoms with Crippen molar-refractivity contribution in [3.05, 3.63) is 59.2 Å². The molecule has 1 atom stereocenters. The maximum Gasteiger partial charge on any atom is 0.122 e. The summed E-state index contributed by atoms with van der Waals surface area (Å²) in [6, 6.07) is 15.5. The maximum absolute atomic E-state index is 5.57. The Hall–Kier alpha value is -1.96. The van der Waals surface area contributed by atoms with Gasteiger partial charge in [0.2, 0.25) is 0 Å². The van der Waals surface area contributed by atoms with Crippen LogP contribution in [0.2, 0.25) is 0 Å². The van der Waals surface area contributed by atoms with E-state index in [-0.39, 0.29) is 0 Å². The van der Waals surface area contributed by atoms with Crippen LogP contribution in [0.15, 0.2) is 42.5 Å². The summed E-state index contributed by atoms with van der Waals surface area (Å²) in [4.78, 5) is 0. The Morgan fingerprint density at radius 3 is 2.67 bits per heavy atom. The first kappa shape index (κ1) is 14.0. The Morgan fingerprint density at radius 1 is 1.00 bits per heavy atom. The second-order valence-corrected chi connectivity index (χ2v) is 6.11. The zero-order valence-electron chi connectivity index (χ0n) is 13.0. The van der Waals surface area contributed by atoms with E-state index in [1.807, 2.05) is 0 Å². The molecule has 1 aliphatic heterocycles. The lowest BCUT2D eigenvalue weighted by Crippen LogP contribution is -2.07. The van der Waals surface area contributed by atoms with Gasteiger partial charge in [-0.05, 0) is 53.8 Å². The van der Waals surface area contributed by atoms with E-state index in [0.717, 1.165) is 18.8 Å². The Kier molecular flexibility index (Phi) is 3.87. The van der Waals surface area contributed by atoms with E-state index in [2.05, 4.69) is 68.6 Å². The Morgan fingerprint density at radius 2 is 1.86 bits per heavy atom. The van der Waals surface area contributed by atoms with Gasteiger partial charge in [-0.2, -0.15) is 0 Å². The summed E-state index contributed by atoms with van der Waals surface area (Å²) < 4.78 is 5.57. The average molecular weight is 281 g/mol. The minimum atomic E-state index is 0.290. The van der Waals surface area contributed by atoms with Crippen LogP contribution in [0.4, 0.5) is 5.69 Å². The van der Waals surface area contributed by atoms with E-state index in [0.29, 0.717) is 12.0 Å². The minimum Gasteiger partial charge on any atom is -0.493 e. The van der Waals surface area contributed by atoms with Gasteiger partial charge in [-0.1, -0.05) is 32.0 Å². The summed E-state index contributed by atoms with van der Waals surface area (Å²) in [5.41, 5.74) is 5.20. The molecule has 0 aromatic heterocycles. The van der Waals surface area contributed by atoms with Crippen LogP contribution >= 0.6 is 0 Å². The van der Waals surface area contributed by atoms with Crippen molar-refractivity contribution in [2.75, 3.05) is 11.9 Å². The lowest BCUT2D eigenvalue weighted by atomic mass is 10.0. The summed E-state index contributed by atoms with van der Waals surface area (Å²) >= 11 is 0. The fraction of sp³-hybridized carbons (Fsp3) is 0.368. The van der Waals surface area contributed by atoms with Crippen LogP contribution in [0.1, 0.15) is 49.4 Å². The molecule has 1 unspecified atom stereocenters. The van der Waals surface area contributed by atoms with Crippen LogP contribution < -0.4 is 10.1 Å². The molecule has 2 nitrogen and oxygen atoms in total. The Bertz CT molecular complexity index is 633. The lowest BCUT2D eigenvalue weighted by molar-refractivity contribution is 0.357. The first-order valence-electron chi connectivity index (χ1n) is 7.75. The summed E-state index contributed by atoms with van der Waals surface area (Å²) in [5, 5.41) is 3.60. The molecule has 2 aromatic carbocycles. The molecule has 110 valence electrons. The highest BCUT2D eigenvalue weighted by atomic mass is 16.5. The van der Waals surface area contributed by atoms with E-state index < -0.39 is 0 Å². The molecule has 2 aromatic rings. The zero-order valence-corrected chi connectivity index (χ0v) is 13.0. The van der Waals surface area contributed by atoms with Crippen LogP contribution in [-0.2, 0) is 6.42 Å². The largest absolute Gasteiger partial charge is 0.493 e. The molecule has 1 N–H and O–H groups in total. The van der Waals surface area contributed by atoms with Gasteiger partial charge >= 0.3 is 0 Å². The van der Waals surface area contributed by atoms with Crippen LogP contribution in [-0.4, -0.2) is 6.61 Å². The second kappa shape index (κ2) is 5.80. The van der Waals surface area contributed by atoms with Crippen molar-refractivity contribution in [2.24, 2.45) is 0 Å². The van der Waals surface area contributed by atoms with Crippen LogP contribution in [0, 0.1) is 0 Å². The molecule has 0 fully saturated rings. The first-order valence-corrected chi connectivity index (χ1v) is 7.75. The fourth-order valence-corrected chi connectivity index (χ4v) is 2.80. The maximum atomic E-state index is 5.57. The van der Waals surface area contributed by atoms with Crippen molar-refractivity contribution in [1.82, 2.24) is 0 Å². The SMILES string of the molecule is CC(C)c1cccc(NC(C)c2ccc3c(c2)CCO3)c1. The van der Waals surface area contributed by atoms with Crippen molar-refractivity contribution in [3.8, 4) is 5.75 Å². The molecule has 0 saturated carbocycles. The molecule has 1 aliphatic rings. The Labute approximate surface area is 127 Å². The quantitative estimate of drug-likeness (QED) is 0.859. The van der Waals surface area contributed by atoms with Gasteiger partial charge in [-0.25, -0.2) is 0 Å². The van der Waals surface area contributed by atoms with Gasteiger partial charge in [-0.15, -0.1) is 0 Å². The van der Waals surface area contributed by atoms with Crippen LogP contribution in [0.3, 0.4) is 0 Å². The van der Waals surface area contributed by atoms with Crippen molar-refractivity contribution >= 4 is 5.69 Å². The third-order valence-electron chi connectivity index (χ3n) is 4.15. The Balaban J connectivity index is 1.77. The fourth-order valence-electron chi connectivity index (χ4n) is 2.80. The molecule has 0 saturated heterocycles. The standard InChI is InChI=1S/C19H23NO/c1-13(2)15-5-4-6-18(12-15)20-14(3)16-7-8-19-17(11-16)9-10-21-19/h4-8,11-14,20H,9-10H2,1-3H3. The van der Waals surface area contributed by atoms with Gasteiger partial charge in [0.25, 0.3) is 0 Å². The van der Waals surface area contributed by atoms with Crippen molar-refractivity contribution in [1.29, 1.82) is 0 Å². The minimum absolute atomic E-state index is 0.290. The summed E-state index contributed by atoms with van der Waals surface area (Å²) in [7, 11) is 0. The third-order valence-corrected chi connectivity index (χ3v) is 4.15. The highest BCUT2D eigenvalue weighted by Gasteiger charge is 2.14. The molecule has 0 radical (unpaired) electrons. The van der Waals surface area contributed by atoms with Crippen LogP contribution in [0.25, 0.3) is 0 Å². The van der Waals surface area contributed by atoms with Crippen molar-refractivity contribution in [2.45, 2.75) is 39.2 Å². The van der Waals surface area contributed by atoms with Gasteiger partial charge in [0.1, 0.15) is 5.75 Å². The van der Waals surface area contributed by atoms with E-state index in [1.54, 1.807) is 0 Å². The number of fused-ring (bicyclic) bond motifs is 1. The van der Waals surface area contributed by atoms with E-state index >= 15 is 0 Å². The van der Waals surface area contributed by atoms with Crippen LogP contribution in [0.5, 0.6) is 5.75 Å². The smallest absolute Gasteiger partial charge is 0.122 e. The number of rotatable bonds is 4. The number of hydrogen-bond acceptors (Lipinski definition) is 2. The molecule has 21 heavy (non-hydrogen) atoms. The zero-order chi connectivity index (χ0) is 14.8. The number of nitrogens with one attached hydrogen (secondary N) is 1. The summed E-state index contributed by atoms with van der Waals surface area (Å²) in [6.07, 6.45) is 1.03. The molecule has 2 heteroatoms. The van der Waals surface area contributed by atoms with Crippen molar-refractivity contribution in [3.63, 3.8) is 0 Å². The van der Waals surface area contributed by atoms with E-state index in [4.69, 9.17) is 4.74 Å². The topological polar surface area (TPSA) is 21.3 Å². The third kappa shape index (κ3) is 3.05. The monoisotopic (exact) mass is 281 g/mol. The molecule has 1 heterocycles. The number of anilines is 1. The molecule has 0 aliphatic carbocycles. The number of benzene rings is 2. The van der Waals surface area contributed by atoms with E-state index in [1.165, 1.54) is 22.4 Å². The normalized spacial score (nSPS) is 14.7. The second-order valence-electron chi connectivity index (χ2n) is 6.11. The molecular formula is C19H23NO. The molecular weight excluding hydrogens is 258 g/mol. The summed E-state index contributed by atoms with van der Waals surface area (Å²) in [5.74, 6) is 1.60. The van der Waals surface area contributed by atoms with Gasteiger partial charge in [0, 0.05) is 18.2 Å². The highest BCUT2D eigenvalue weighted by Crippen LogP contribution is 2.29. The molecule has 3 rings (SSSR count). The predicted octanol–water partition coefficient (Wildman–Crippen LogP) is 4.92. The number of ether oxygens (including phenoxy) is 1. The van der Waals surface area contributed by atoms with Gasteiger partial charge in [0.15, 0.2) is 0 Å². The predicted molar refractivity (Wildman–Crippen MR) is 88.2 cm³/mol. The average Bonchev–Trinajstić information content (AvgIpc) is 2.94. The lowest BCUT2D eigenvalue weighted by Gasteiger charge is -2.18. The van der Waals surface area contributed by atoms with E-state index in [9.17, 15) is 0 Å².